The van der Waals surface area contributed by atoms with Crippen molar-refractivity contribution in [2.45, 2.75) is 103 Å². The summed E-state index contributed by atoms with van der Waals surface area (Å²) in [5, 5.41) is 0. The topological polar surface area (TPSA) is 0 Å². The van der Waals surface area contributed by atoms with Crippen molar-refractivity contribution in [2.75, 3.05) is 0 Å². The Morgan fingerprint density at radius 1 is 0.607 bits per heavy atom. The Hall–Kier alpha value is -0.990. The molecule has 1 aromatic rings. The summed E-state index contributed by atoms with van der Waals surface area (Å²) in [4.78, 5) is 0. The van der Waals surface area contributed by atoms with Crippen LogP contribution in [0.1, 0.15) is 102 Å². The molecular formula is C25H37F3. The second-order valence-electron chi connectivity index (χ2n) is 9.44. The average molecular weight is 395 g/mol. The van der Waals surface area contributed by atoms with E-state index in [1.165, 1.54) is 89.9 Å². The largest absolute Gasteiger partial charge is 0.204 e. The van der Waals surface area contributed by atoms with Gasteiger partial charge in [-0.2, -0.15) is 0 Å². The molecule has 2 fully saturated rings. The summed E-state index contributed by atoms with van der Waals surface area (Å²) >= 11 is 0. The predicted molar refractivity (Wildman–Crippen MR) is 110 cm³/mol. The van der Waals surface area contributed by atoms with E-state index >= 15 is 0 Å². The zero-order valence-electron chi connectivity index (χ0n) is 17.3. The molecule has 0 bridgehead atoms. The van der Waals surface area contributed by atoms with Crippen molar-refractivity contribution in [2.24, 2.45) is 17.8 Å². The first-order valence-electron chi connectivity index (χ1n) is 11.7. The highest BCUT2D eigenvalue weighted by atomic mass is 19.2. The highest BCUT2D eigenvalue weighted by Crippen LogP contribution is 2.35. The molecule has 0 atom stereocenters. The van der Waals surface area contributed by atoms with Gasteiger partial charge in [0.2, 0.25) is 0 Å². The van der Waals surface area contributed by atoms with Gasteiger partial charge in [-0.15, -0.1) is 0 Å². The fraction of sp³-hybridized carbons (Fsp3) is 0.760. The molecule has 0 aliphatic heterocycles. The summed E-state index contributed by atoms with van der Waals surface area (Å²) in [6.45, 7) is 0. The van der Waals surface area contributed by atoms with Gasteiger partial charge in [0.15, 0.2) is 17.5 Å². The maximum absolute atomic E-state index is 13.3. The molecule has 0 unspecified atom stereocenters. The Morgan fingerprint density at radius 3 is 1.61 bits per heavy atom. The van der Waals surface area contributed by atoms with E-state index in [1.54, 1.807) is 0 Å². The van der Waals surface area contributed by atoms with E-state index in [9.17, 15) is 13.2 Å². The Bertz CT molecular complexity index is 560. The number of benzene rings is 1. The maximum atomic E-state index is 13.3. The summed E-state index contributed by atoms with van der Waals surface area (Å²) in [6, 6.07) is 2.30. The molecule has 0 amide bonds. The van der Waals surface area contributed by atoms with Gasteiger partial charge in [-0.05, 0) is 48.3 Å². The number of rotatable bonds is 10. The lowest BCUT2D eigenvalue weighted by molar-refractivity contribution is 0.248. The van der Waals surface area contributed by atoms with Crippen LogP contribution in [0, 0.1) is 35.2 Å². The van der Waals surface area contributed by atoms with Gasteiger partial charge in [-0.25, -0.2) is 13.2 Å². The van der Waals surface area contributed by atoms with Gasteiger partial charge in [0.05, 0.1) is 0 Å². The number of hydrogen-bond donors (Lipinski definition) is 0. The average Bonchev–Trinajstić information content (AvgIpc) is 3.21. The molecule has 3 heteroatoms. The second-order valence-corrected chi connectivity index (χ2v) is 9.44. The second kappa shape index (κ2) is 11.3. The van der Waals surface area contributed by atoms with Crippen molar-refractivity contribution >= 4 is 0 Å². The Labute approximate surface area is 169 Å². The summed E-state index contributed by atoms with van der Waals surface area (Å²) in [6.07, 6.45) is 21.0. The lowest BCUT2D eigenvalue weighted by atomic mass is 9.77. The van der Waals surface area contributed by atoms with E-state index in [2.05, 4.69) is 0 Å². The van der Waals surface area contributed by atoms with Crippen molar-refractivity contribution in [1.82, 2.24) is 0 Å². The lowest BCUT2D eigenvalue weighted by Gasteiger charge is -2.28. The van der Waals surface area contributed by atoms with E-state index in [0.717, 1.165) is 30.4 Å². The van der Waals surface area contributed by atoms with Crippen LogP contribution in [0.25, 0.3) is 0 Å². The van der Waals surface area contributed by atoms with Crippen LogP contribution < -0.4 is 0 Å². The van der Waals surface area contributed by atoms with Crippen LogP contribution in [0.15, 0.2) is 12.1 Å². The van der Waals surface area contributed by atoms with Gasteiger partial charge in [0.25, 0.3) is 0 Å². The molecule has 0 radical (unpaired) electrons. The van der Waals surface area contributed by atoms with E-state index in [0.29, 0.717) is 17.9 Å². The molecule has 1 aromatic carbocycles. The quantitative estimate of drug-likeness (QED) is 0.276. The summed E-state index contributed by atoms with van der Waals surface area (Å²) in [5.41, 5.74) is 0.580. The van der Waals surface area contributed by atoms with Crippen LogP contribution in [0.3, 0.4) is 0 Å². The van der Waals surface area contributed by atoms with Gasteiger partial charge < -0.3 is 0 Å². The van der Waals surface area contributed by atoms with E-state index in [4.69, 9.17) is 0 Å². The molecule has 158 valence electrons. The number of unbranched alkanes of at least 4 members (excludes halogenated alkanes) is 3. The van der Waals surface area contributed by atoms with Crippen LogP contribution in [0.4, 0.5) is 13.2 Å². The molecule has 28 heavy (non-hydrogen) atoms. The van der Waals surface area contributed by atoms with Gasteiger partial charge in [0, 0.05) is 0 Å². The molecule has 0 N–H and O–H groups in total. The van der Waals surface area contributed by atoms with Crippen LogP contribution in [0.5, 0.6) is 0 Å². The fourth-order valence-corrected chi connectivity index (χ4v) is 5.45. The van der Waals surface area contributed by atoms with Gasteiger partial charge >= 0.3 is 0 Å². The normalized spacial score (nSPS) is 23.4. The summed E-state index contributed by atoms with van der Waals surface area (Å²) < 4.78 is 39.7. The third-order valence-electron chi connectivity index (χ3n) is 7.30. The minimum atomic E-state index is -1.36. The first kappa shape index (κ1) is 21.7. The first-order valence-corrected chi connectivity index (χ1v) is 11.7. The third kappa shape index (κ3) is 6.81. The zero-order chi connectivity index (χ0) is 19.8. The molecule has 0 heterocycles. The standard InChI is InChI=1S/C25H37F3/c26-23-17-22(18-24(27)25(23)28)16-15-21-13-11-20(12-14-21)8-4-2-1-3-7-19-9-5-6-10-19/h17-21H,1-16H2/t20-,21-. The Kier molecular flexibility index (Phi) is 8.73. The molecule has 0 spiro atoms. The van der Waals surface area contributed by atoms with Crippen molar-refractivity contribution in [3.05, 3.63) is 35.1 Å². The first-order chi connectivity index (χ1) is 13.6. The highest BCUT2D eigenvalue weighted by molar-refractivity contribution is 5.19. The van der Waals surface area contributed by atoms with Crippen molar-refractivity contribution in [3.63, 3.8) is 0 Å². The predicted octanol–water partition coefficient (Wildman–Crippen LogP) is 8.37. The molecule has 0 saturated heterocycles. The molecule has 2 saturated carbocycles. The summed E-state index contributed by atoms with van der Waals surface area (Å²) in [7, 11) is 0. The minimum Gasteiger partial charge on any atom is -0.204 e. The minimum absolute atomic E-state index is 0.580. The number of halogens is 3. The van der Waals surface area contributed by atoms with Gasteiger partial charge in [-0.3, -0.25) is 0 Å². The molecule has 0 aromatic heterocycles. The third-order valence-corrected chi connectivity index (χ3v) is 7.30. The monoisotopic (exact) mass is 394 g/mol. The maximum Gasteiger partial charge on any atom is 0.194 e. The molecular weight excluding hydrogens is 357 g/mol. The highest BCUT2D eigenvalue weighted by Gasteiger charge is 2.21. The van der Waals surface area contributed by atoms with Crippen LogP contribution >= 0.6 is 0 Å². The summed E-state index contributed by atoms with van der Waals surface area (Å²) in [5.74, 6) is -0.921. The van der Waals surface area contributed by atoms with Crippen molar-refractivity contribution in [3.8, 4) is 0 Å². The molecule has 2 aliphatic rings. The molecule has 0 nitrogen and oxygen atoms in total. The van der Waals surface area contributed by atoms with E-state index < -0.39 is 17.5 Å². The van der Waals surface area contributed by atoms with Gasteiger partial charge in [0.1, 0.15) is 0 Å². The van der Waals surface area contributed by atoms with Crippen molar-refractivity contribution < 1.29 is 13.2 Å². The molecule has 3 rings (SSSR count). The number of aryl methyl sites for hydroxylation is 1. The van der Waals surface area contributed by atoms with Crippen molar-refractivity contribution in [1.29, 1.82) is 0 Å². The molecule has 2 aliphatic carbocycles. The zero-order valence-corrected chi connectivity index (χ0v) is 17.3. The number of hydrogen-bond acceptors (Lipinski definition) is 0. The Balaban J connectivity index is 1.23. The van der Waals surface area contributed by atoms with Crippen LogP contribution in [0.2, 0.25) is 0 Å². The Morgan fingerprint density at radius 2 is 1.07 bits per heavy atom. The van der Waals surface area contributed by atoms with Gasteiger partial charge in [-0.1, -0.05) is 89.9 Å². The van der Waals surface area contributed by atoms with E-state index in [1.807, 2.05) is 0 Å². The van der Waals surface area contributed by atoms with E-state index in [-0.39, 0.29) is 0 Å². The van der Waals surface area contributed by atoms with Crippen LogP contribution in [-0.2, 0) is 6.42 Å². The van der Waals surface area contributed by atoms with Crippen LogP contribution in [-0.4, -0.2) is 0 Å². The lowest BCUT2D eigenvalue weighted by Crippen LogP contribution is -2.15. The fourth-order valence-electron chi connectivity index (χ4n) is 5.45. The smallest absolute Gasteiger partial charge is 0.194 e. The SMILES string of the molecule is Fc1cc(CC[C@H]2CC[C@H](CCCCCCC3CCCC3)CC2)cc(F)c1F.